The van der Waals surface area contributed by atoms with E-state index < -0.39 is 35.4 Å². The molecule has 1 heterocycles. The van der Waals surface area contributed by atoms with E-state index >= 15 is 0 Å². The fraction of sp³-hybridized carbons (Fsp3) is 0.400. The van der Waals surface area contributed by atoms with Crippen molar-refractivity contribution in [3.63, 3.8) is 0 Å². The standard InChI is InChI=1S/C35H41F3N4O5/c1-34(2,3)47-32(44)40(4)19-20-41(23-27-13-8-9-15-29(27)35(36,37)38)31(43)21-39-30-16-10-14-26-22-42(18-17-28(26)30)33(45)46-24-25-11-6-5-7-12-25/h5-16,39H,17-24H2,1-4H3. The zero-order valence-electron chi connectivity index (χ0n) is 27.1. The SMILES string of the molecule is CN(CCN(Cc1ccccc1C(F)(F)F)C(=O)CNc1cccc2c1CCN(C(=O)OCc1ccccc1)C2)C(=O)OC(C)(C)C. The summed E-state index contributed by atoms with van der Waals surface area (Å²) in [5.41, 5.74) is 1.84. The predicted octanol–water partition coefficient (Wildman–Crippen LogP) is 6.71. The van der Waals surface area contributed by atoms with Gasteiger partial charge in [-0.1, -0.05) is 60.7 Å². The molecule has 3 aromatic carbocycles. The molecule has 3 amide bonds. The number of benzene rings is 3. The quantitative estimate of drug-likeness (QED) is 0.262. The number of likely N-dealkylation sites (N-methyl/N-ethyl adjacent to an activating group) is 1. The molecular formula is C35H41F3N4O5. The number of alkyl halides is 3. The van der Waals surface area contributed by atoms with Crippen molar-refractivity contribution in [2.75, 3.05) is 38.5 Å². The number of anilines is 1. The minimum atomic E-state index is -4.60. The molecule has 0 radical (unpaired) electrons. The number of carbonyl (C=O) groups excluding carboxylic acids is 3. The van der Waals surface area contributed by atoms with Gasteiger partial charge in [0, 0.05) is 45.5 Å². The van der Waals surface area contributed by atoms with Gasteiger partial charge in [0.1, 0.15) is 12.2 Å². The molecule has 0 saturated carbocycles. The van der Waals surface area contributed by atoms with Crippen molar-refractivity contribution in [3.05, 3.63) is 101 Å². The number of amides is 3. The Balaban J connectivity index is 1.43. The van der Waals surface area contributed by atoms with Crippen LogP contribution in [0.1, 0.15) is 48.6 Å². The highest BCUT2D eigenvalue weighted by Crippen LogP contribution is 2.32. The van der Waals surface area contributed by atoms with Crippen LogP contribution < -0.4 is 5.32 Å². The van der Waals surface area contributed by atoms with Crippen molar-refractivity contribution in [3.8, 4) is 0 Å². The van der Waals surface area contributed by atoms with Gasteiger partial charge in [0.15, 0.2) is 0 Å². The Morgan fingerprint density at radius 3 is 2.32 bits per heavy atom. The average molecular weight is 655 g/mol. The van der Waals surface area contributed by atoms with Gasteiger partial charge >= 0.3 is 18.4 Å². The number of hydrogen-bond donors (Lipinski definition) is 1. The highest BCUT2D eigenvalue weighted by Gasteiger charge is 2.34. The fourth-order valence-electron chi connectivity index (χ4n) is 5.16. The van der Waals surface area contributed by atoms with Crippen LogP contribution >= 0.6 is 0 Å². The topological polar surface area (TPSA) is 91.4 Å². The number of rotatable bonds is 10. The predicted molar refractivity (Wildman–Crippen MR) is 171 cm³/mol. The molecule has 4 rings (SSSR count). The molecule has 12 heteroatoms. The lowest BCUT2D eigenvalue weighted by atomic mass is 9.98. The highest BCUT2D eigenvalue weighted by atomic mass is 19.4. The summed E-state index contributed by atoms with van der Waals surface area (Å²) < 4.78 is 52.2. The average Bonchev–Trinajstić information content (AvgIpc) is 3.03. The fourth-order valence-corrected chi connectivity index (χ4v) is 5.16. The number of nitrogens with zero attached hydrogens (tertiary/aromatic N) is 3. The maximum absolute atomic E-state index is 13.8. The van der Waals surface area contributed by atoms with E-state index in [1.165, 1.54) is 35.0 Å². The smallest absolute Gasteiger partial charge is 0.416 e. The first-order valence-electron chi connectivity index (χ1n) is 15.4. The molecule has 0 spiro atoms. The maximum Gasteiger partial charge on any atom is 0.416 e. The Morgan fingerprint density at radius 1 is 0.915 bits per heavy atom. The zero-order chi connectivity index (χ0) is 34.2. The summed E-state index contributed by atoms with van der Waals surface area (Å²) in [6.45, 7) is 5.65. The lowest BCUT2D eigenvalue weighted by Gasteiger charge is -2.30. The number of nitrogens with one attached hydrogen (secondary N) is 1. The van der Waals surface area contributed by atoms with E-state index in [0.29, 0.717) is 25.2 Å². The first-order valence-corrected chi connectivity index (χ1v) is 15.4. The molecule has 1 N–H and O–H groups in total. The van der Waals surface area contributed by atoms with Crippen LogP contribution in [0.25, 0.3) is 0 Å². The van der Waals surface area contributed by atoms with Crippen molar-refractivity contribution in [2.24, 2.45) is 0 Å². The second-order valence-corrected chi connectivity index (χ2v) is 12.4. The van der Waals surface area contributed by atoms with Crippen LogP contribution in [0.5, 0.6) is 0 Å². The van der Waals surface area contributed by atoms with E-state index in [0.717, 1.165) is 22.8 Å². The van der Waals surface area contributed by atoms with Gasteiger partial charge in [-0.2, -0.15) is 13.2 Å². The van der Waals surface area contributed by atoms with E-state index in [1.54, 1.807) is 25.7 Å². The monoisotopic (exact) mass is 654 g/mol. The summed E-state index contributed by atoms with van der Waals surface area (Å²) in [6.07, 6.45) is -5.09. The van der Waals surface area contributed by atoms with Crippen molar-refractivity contribution in [1.82, 2.24) is 14.7 Å². The Kier molecular flexibility index (Phi) is 11.4. The molecule has 9 nitrogen and oxygen atoms in total. The van der Waals surface area contributed by atoms with Crippen LogP contribution in [-0.4, -0.2) is 71.6 Å². The van der Waals surface area contributed by atoms with Crippen molar-refractivity contribution in [2.45, 2.75) is 58.7 Å². The van der Waals surface area contributed by atoms with Crippen molar-refractivity contribution < 1.29 is 37.0 Å². The Labute approximate surface area is 273 Å². The summed E-state index contributed by atoms with van der Waals surface area (Å²) in [7, 11) is 1.51. The van der Waals surface area contributed by atoms with Gasteiger partial charge in [-0.3, -0.25) is 4.79 Å². The largest absolute Gasteiger partial charge is 0.445 e. The highest BCUT2D eigenvalue weighted by molar-refractivity contribution is 5.81. The van der Waals surface area contributed by atoms with Crippen LogP contribution in [0.2, 0.25) is 0 Å². The van der Waals surface area contributed by atoms with Gasteiger partial charge in [-0.05, 0) is 61.6 Å². The molecule has 0 aromatic heterocycles. The number of fused-ring (bicyclic) bond motifs is 1. The molecule has 47 heavy (non-hydrogen) atoms. The van der Waals surface area contributed by atoms with E-state index in [1.807, 2.05) is 48.5 Å². The molecular weight excluding hydrogens is 613 g/mol. The molecule has 0 fully saturated rings. The second-order valence-electron chi connectivity index (χ2n) is 12.4. The van der Waals surface area contributed by atoms with Crippen LogP contribution in [0, 0.1) is 0 Å². The van der Waals surface area contributed by atoms with Crippen molar-refractivity contribution >= 4 is 23.8 Å². The minimum Gasteiger partial charge on any atom is -0.445 e. The summed E-state index contributed by atoms with van der Waals surface area (Å²) in [4.78, 5) is 43.0. The summed E-state index contributed by atoms with van der Waals surface area (Å²) in [5.74, 6) is -0.445. The summed E-state index contributed by atoms with van der Waals surface area (Å²) >= 11 is 0. The summed E-state index contributed by atoms with van der Waals surface area (Å²) in [5, 5.41) is 3.16. The van der Waals surface area contributed by atoms with Gasteiger partial charge in [0.25, 0.3) is 0 Å². The number of carbonyl (C=O) groups is 3. The normalized spacial score (nSPS) is 13.0. The van der Waals surface area contributed by atoms with Gasteiger partial charge < -0.3 is 29.5 Å². The van der Waals surface area contributed by atoms with E-state index in [2.05, 4.69) is 5.32 Å². The van der Waals surface area contributed by atoms with Crippen LogP contribution in [-0.2, 0) is 46.6 Å². The molecule has 0 saturated heterocycles. The molecule has 0 atom stereocenters. The van der Waals surface area contributed by atoms with E-state index in [4.69, 9.17) is 9.47 Å². The summed E-state index contributed by atoms with van der Waals surface area (Å²) in [6, 6.07) is 20.1. The first-order chi connectivity index (χ1) is 22.2. The van der Waals surface area contributed by atoms with Gasteiger partial charge in [-0.25, -0.2) is 9.59 Å². The lowest BCUT2D eigenvalue weighted by Crippen LogP contribution is -2.43. The van der Waals surface area contributed by atoms with Gasteiger partial charge in [0.05, 0.1) is 12.1 Å². The third-order valence-electron chi connectivity index (χ3n) is 7.61. The molecule has 3 aromatic rings. The second kappa shape index (κ2) is 15.2. The molecule has 0 aliphatic carbocycles. The maximum atomic E-state index is 13.8. The molecule has 0 unspecified atom stereocenters. The van der Waals surface area contributed by atoms with Crippen LogP contribution in [0.3, 0.4) is 0 Å². The Hall–Kier alpha value is -4.74. The van der Waals surface area contributed by atoms with E-state index in [-0.39, 0.29) is 38.3 Å². The number of hydrogen-bond acceptors (Lipinski definition) is 6. The van der Waals surface area contributed by atoms with E-state index in [9.17, 15) is 27.6 Å². The zero-order valence-corrected chi connectivity index (χ0v) is 27.1. The lowest BCUT2D eigenvalue weighted by molar-refractivity contribution is -0.139. The number of ether oxygens (including phenoxy) is 2. The first kappa shape index (κ1) is 35.1. The Bertz CT molecular complexity index is 1540. The van der Waals surface area contributed by atoms with Crippen LogP contribution in [0.15, 0.2) is 72.8 Å². The third kappa shape index (κ3) is 10.1. The third-order valence-corrected chi connectivity index (χ3v) is 7.61. The van der Waals surface area contributed by atoms with Gasteiger partial charge in [-0.15, -0.1) is 0 Å². The minimum absolute atomic E-state index is 0.0185. The molecule has 0 bridgehead atoms. The van der Waals surface area contributed by atoms with Crippen LogP contribution in [0.4, 0.5) is 28.4 Å². The molecule has 252 valence electrons. The molecule has 1 aliphatic rings. The Morgan fingerprint density at radius 2 is 1.62 bits per heavy atom. The van der Waals surface area contributed by atoms with Gasteiger partial charge in [0.2, 0.25) is 5.91 Å². The van der Waals surface area contributed by atoms with Crippen molar-refractivity contribution in [1.29, 1.82) is 0 Å². The molecule has 1 aliphatic heterocycles. The number of halogens is 3.